The topological polar surface area (TPSA) is 53.6 Å². The summed E-state index contributed by atoms with van der Waals surface area (Å²) in [6.45, 7) is 5.14. The largest absolute Gasteiger partial charge is 0.361 e. The molecule has 0 fully saturated rings. The molecule has 2 aromatic heterocycles. The van der Waals surface area contributed by atoms with E-state index in [9.17, 15) is 0 Å². The first-order valence-electron chi connectivity index (χ1n) is 6.86. The van der Waals surface area contributed by atoms with Gasteiger partial charge in [0, 0.05) is 29.6 Å². The lowest BCUT2D eigenvalue weighted by atomic mass is 10.1. The summed E-state index contributed by atoms with van der Waals surface area (Å²) < 4.78 is 0. The van der Waals surface area contributed by atoms with Crippen LogP contribution in [0.5, 0.6) is 0 Å². The zero-order chi connectivity index (χ0) is 13.9. The van der Waals surface area contributed by atoms with E-state index in [1.165, 1.54) is 16.5 Å². The van der Waals surface area contributed by atoms with Gasteiger partial charge in [-0.25, -0.2) is 0 Å². The Balaban J connectivity index is 1.62. The third-order valence-electron chi connectivity index (χ3n) is 3.28. The van der Waals surface area contributed by atoms with Gasteiger partial charge in [0.2, 0.25) is 5.13 Å². The number of benzene rings is 1. The van der Waals surface area contributed by atoms with Gasteiger partial charge >= 0.3 is 0 Å². The molecule has 3 rings (SSSR count). The van der Waals surface area contributed by atoms with Crippen LogP contribution in [0.1, 0.15) is 30.3 Å². The van der Waals surface area contributed by atoms with Gasteiger partial charge in [-0.15, -0.1) is 10.2 Å². The minimum absolute atomic E-state index is 0.441. The lowest BCUT2D eigenvalue weighted by Crippen LogP contribution is -2.04. The first-order valence-corrected chi connectivity index (χ1v) is 7.68. The molecule has 2 heterocycles. The predicted octanol–water partition coefficient (Wildman–Crippen LogP) is 3.80. The molecule has 0 aliphatic heterocycles. The smallest absolute Gasteiger partial charge is 0.205 e. The highest BCUT2D eigenvalue weighted by Gasteiger charge is 2.07. The summed E-state index contributed by atoms with van der Waals surface area (Å²) in [5.41, 5.74) is 2.53. The van der Waals surface area contributed by atoms with Gasteiger partial charge in [0.05, 0.1) is 0 Å². The summed E-state index contributed by atoms with van der Waals surface area (Å²) in [4.78, 5) is 3.30. The van der Waals surface area contributed by atoms with Gasteiger partial charge in [0.25, 0.3) is 0 Å². The third-order valence-corrected chi connectivity index (χ3v) is 4.46. The van der Waals surface area contributed by atoms with Crippen molar-refractivity contribution in [1.29, 1.82) is 0 Å². The Kier molecular flexibility index (Phi) is 3.69. The zero-order valence-electron chi connectivity index (χ0n) is 11.7. The van der Waals surface area contributed by atoms with E-state index in [1.54, 1.807) is 11.3 Å². The molecule has 4 nitrogen and oxygen atoms in total. The molecule has 5 heteroatoms. The van der Waals surface area contributed by atoms with Crippen LogP contribution < -0.4 is 5.32 Å². The standard InChI is InChI=1S/C15H18N4S/c1-10(2)14-18-19-15(20-14)16-8-7-11-9-17-13-6-4-3-5-12(11)13/h3-6,9-10,17H,7-8H2,1-2H3,(H,16,19). The SMILES string of the molecule is CC(C)c1nnc(NCCc2c[nH]c3ccccc23)s1. The van der Waals surface area contributed by atoms with Gasteiger partial charge in [-0.2, -0.15) is 0 Å². The van der Waals surface area contributed by atoms with Crippen LogP contribution in [0.3, 0.4) is 0 Å². The van der Waals surface area contributed by atoms with Crippen LogP contribution in [0, 0.1) is 0 Å². The predicted molar refractivity (Wildman–Crippen MR) is 84.5 cm³/mol. The number of nitrogens with zero attached hydrogens (tertiary/aromatic N) is 2. The minimum Gasteiger partial charge on any atom is -0.361 e. The van der Waals surface area contributed by atoms with E-state index in [-0.39, 0.29) is 0 Å². The number of aromatic nitrogens is 3. The number of anilines is 1. The average molecular weight is 286 g/mol. The van der Waals surface area contributed by atoms with Gasteiger partial charge in [-0.05, 0) is 18.1 Å². The van der Waals surface area contributed by atoms with E-state index in [4.69, 9.17) is 0 Å². The second-order valence-corrected chi connectivity index (χ2v) is 6.15. The molecule has 0 spiro atoms. The molecule has 104 valence electrons. The molecule has 0 aliphatic rings. The Hall–Kier alpha value is -1.88. The molecule has 0 saturated heterocycles. The lowest BCUT2D eigenvalue weighted by molar-refractivity contribution is 0.824. The van der Waals surface area contributed by atoms with E-state index in [0.29, 0.717) is 5.92 Å². The summed E-state index contributed by atoms with van der Waals surface area (Å²) >= 11 is 1.64. The fourth-order valence-electron chi connectivity index (χ4n) is 2.18. The molecule has 2 N–H and O–H groups in total. The number of nitrogens with one attached hydrogen (secondary N) is 2. The number of hydrogen-bond donors (Lipinski definition) is 2. The Morgan fingerprint density at radius 1 is 1.25 bits per heavy atom. The van der Waals surface area contributed by atoms with Crippen molar-refractivity contribution < 1.29 is 0 Å². The van der Waals surface area contributed by atoms with Crippen LogP contribution in [-0.2, 0) is 6.42 Å². The zero-order valence-corrected chi connectivity index (χ0v) is 12.5. The van der Waals surface area contributed by atoms with Crippen molar-refractivity contribution in [2.45, 2.75) is 26.2 Å². The van der Waals surface area contributed by atoms with Gasteiger partial charge < -0.3 is 10.3 Å². The van der Waals surface area contributed by atoms with Crippen molar-refractivity contribution in [3.63, 3.8) is 0 Å². The summed E-state index contributed by atoms with van der Waals surface area (Å²) in [6, 6.07) is 8.39. The molecule has 0 bridgehead atoms. The third kappa shape index (κ3) is 2.67. The minimum atomic E-state index is 0.441. The number of aromatic amines is 1. The second-order valence-electron chi connectivity index (χ2n) is 5.14. The molecular weight excluding hydrogens is 268 g/mol. The normalized spacial score (nSPS) is 11.3. The highest BCUT2D eigenvalue weighted by Crippen LogP contribution is 2.23. The number of para-hydroxylation sites is 1. The molecule has 0 amide bonds. The summed E-state index contributed by atoms with van der Waals surface area (Å²) in [6.07, 6.45) is 3.06. The van der Waals surface area contributed by atoms with Gasteiger partial charge in [-0.3, -0.25) is 0 Å². The second kappa shape index (κ2) is 5.63. The molecular formula is C15H18N4S. The maximum atomic E-state index is 4.18. The van der Waals surface area contributed by atoms with Crippen molar-refractivity contribution in [1.82, 2.24) is 15.2 Å². The Bertz CT molecular complexity index is 699. The van der Waals surface area contributed by atoms with Crippen LogP contribution >= 0.6 is 11.3 Å². The monoisotopic (exact) mass is 286 g/mol. The molecule has 3 aromatic rings. The Labute approximate surface area is 122 Å². The summed E-state index contributed by atoms with van der Waals surface area (Å²) in [5, 5.41) is 15.0. The number of fused-ring (bicyclic) bond motifs is 1. The molecule has 1 aromatic carbocycles. The number of hydrogen-bond acceptors (Lipinski definition) is 4. The van der Waals surface area contributed by atoms with E-state index in [0.717, 1.165) is 23.1 Å². The van der Waals surface area contributed by atoms with Gasteiger partial charge in [-0.1, -0.05) is 43.4 Å². The van der Waals surface area contributed by atoms with Crippen molar-refractivity contribution in [2.75, 3.05) is 11.9 Å². The molecule has 0 aliphatic carbocycles. The quantitative estimate of drug-likeness (QED) is 0.750. The van der Waals surface area contributed by atoms with Crippen LogP contribution in [0.25, 0.3) is 10.9 Å². The maximum absolute atomic E-state index is 4.18. The first kappa shape index (κ1) is 13.1. The fraction of sp³-hybridized carbons (Fsp3) is 0.333. The van der Waals surface area contributed by atoms with Crippen LogP contribution in [0.2, 0.25) is 0 Å². The van der Waals surface area contributed by atoms with E-state index < -0.39 is 0 Å². The van der Waals surface area contributed by atoms with Crippen LogP contribution in [0.4, 0.5) is 5.13 Å². The Morgan fingerprint density at radius 2 is 2.10 bits per heavy atom. The Morgan fingerprint density at radius 3 is 2.90 bits per heavy atom. The molecule has 0 radical (unpaired) electrons. The van der Waals surface area contributed by atoms with E-state index in [2.05, 4.69) is 64.8 Å². The number of rotatable bonds is 5. The van der Waals surface area contributed by atoms with E-state index in [1.807, 2.05) is 0 Å². The molecule has 0 unspecified atom stereocenters. The molecule has 0 atom stereocenters. The van der Waals surface area contributed by atoms with Gasteiger partial charge in [0.1, 0.15) is 5.01 Å². The fourth-order valence-corrected chi connectivity index (χ4v) is 2.95. The average Bonchev–Trinajstić information content (AvgIpc) is 3.06. The summed E-state index contributed by atoms with van der Waals surface area (Å²) in [5.74, 6) is 0.441. The molecule has 20 heavy (non-hydrogen) atoms. The van der Waals surface area contributed by atoms with Crippen LogP contribution in [-0.4, -0.2) is 21.7 Å². The van der Waals surface area contributed by atoms with Crippen molar-refractivity contribution in [3.05, 3.63) is 41.0 Å². The van der Waals surface area contributed by atoms with E-state index >= 15 is 0 Å². The molecule has 0 saturated carbocycles. The number of H-pyrrole nitrogens is 1. The van der Waals surface area contributed by atoms with Crippen molar-refractivity contribution in [3.8, 4) is 0 Å². The maximum Gasteiger partial charge on any atom is 0.205 e. The highest BCUT2D eigenvalue weighted by atomic mass is 32.1. The highest BCUT2D eigenvalue weighted by molar-refractivity contribution is 7.15. The van der Waals surface area contributed by atoms with Crippen LogP contribution in [0.15, 0.2) is 30.5 Å². The van der Waals surface area contributed by atoms with Gasteiger partial charge in [0.15, 0.2) is 0 Å². The van der Waals surface area contributed by atoms with Crippen molar-refractivity contribution >= 4 is 27.4 Å². The first-order chi connectivity index (χ1) is 9.74. The summed E-state index contributed by atoms with van der Waals surface area (Å²) in [7, 11) is 0. The van der Waals surface area contributed by atoms with Crippen molar-refractivity contribution in [2.24, 2.45) is 0 Å². The lowest BCUT2D eigenvalue weighted by Gasteiger charge is -2.01.